The first-order chi connectivity index (χ1) is 8.67. The van der Waals surface area contributed by atoms with E-state index in [9.17, 15) is 0 Å². The van der Waals surface area contributed by atoms with Gasteiger partial charge in [0.05, 0.1) is 10.4 Å². The average molecular weight is 263 g/mol. The molecule has 2 N–H and O–H groups in total. The van der Waals surface area contributed by atoms with Crippen LogP contribution in [-0.2, 0) is 5.54 Å². The lowest BCUT2D eigenvalue weighted by atomic mass is 9.77. The van der Waals surface area contributed by atoms with Crippen molar-refractivity contribution < 1.29 is 4.52 Å². The highest BCUT2D eigenvalue weighted by atomic mass is 32.1. The third-order valence-corrected chi connectivity index (χ3v) is 4.63. The standard InChI is InChI=1S/C13H17N3OS/c1-9-4-6-13(14,7-5-9)12-15-11(17-16-12)10-3-2-8-18-10/h2-3,8-9H,4-7,14H2,1H3. The highest BCUT2D eigenvalue weighted by Gasteiger charge is 2.36. The minimum atomic E-state index is -0.397. The second kappa shape index (κ2) is 4.48. The van der Waals surface area contributed by atoms with Gasteiger partial charge in [-0.3, -0.25) is 0 Å². The summed E-state index contributed by atoms with van der Waals surface area (Å²) in [4.78, 5) is 5.48. The number of nitrogens with zero attached hydrogens (tertiary/aromatic N) is 2. The molecule has 0 aliphatic heterocycles. The van der Waals surface area contributed by atoms with Gasteiger partial charge in [0.1, 0.15) is 0 Å². The van der Waals surface area contributed by atoms with Crippen LogP contribution in [-0.4, -0.2) is 10.1 Å². The van der Waals surface area contributed by atoms with Crippen molar-refractivity contribution in [2.75, 3.05) is 0 Å². The lowest BCUT2D eigenvalue weighted by Crippen LogP contribution is -2.41. The molecule has 0 saturated heterocycles. The second-order valence-corrected chi connectivity index (χ2v) is 6.19. The number of rotatable bonds is 2. The molecule has 2 aromatic heterocycles. The molecule has 1 saturated carbocycles. The van der Waals surface area contributed by atoms with E-state index in [0.29, 0.717) is 11.7 Å². The summed E-state index contributed by atoms with van der Waals surface area (Å²) in [7, 11) is 0. The Balaban J connectivity index is 1.85. The zero-order chi connectivity index (χ0) is 12.6. The molecule has 4 nitrogen and oxygen atoms in total. The third kappa shape index (κ3) is 2.08. The molecule has 1 aliphatic carbocycles. The molecule has 0 bridgehead atoms. The van der Waals surface area contributed by atoms with Crippen molar-refractivity contribution in [1.29, 1.82) is 0 Å². The fraction of sp³-hybridized carbons (Fsp3) is 0.538. The van der Waals surface area contributed by atoms with E-state index < -0.39 is 5.54 Å². The van der Waals surface area contributed by atoms with Crippen LogP contribution in [0, 0.1) is 5.92 Å². The molecule has 2 heterocycles. The maximum Gasteiger partial charge on any atom is 0.268 e. The van der Waals surface area contributed by atoms with Crippen LogP contribution in [0.25, 0.3) is 10.8 Å². The second-order valence-electron chi connectivity index (χ2n) is 5.24. The van der Waals surface area contributed by atoms with Gasteiger partial charge in [0.2, 0.25) is 0 Å². The first-order valence-corrected chi connectivity index (χ1v) is 7.22. The lowest BCUT2D eigenvalue weighted by molar-refractivity contribution is 0.230. The number of aromatic nitrogens is 2. The van der Waals surface area contributed by atoms with Gasteiger partial charge in [0.25, 0.3) is 5.89 Å². The average Bonchev–Trinajstić information content (AvgIpc) is 3.01. The van der Waals surface area contributed by atoms with Crippen LogP contribution in [0.4, 0.5) is 0 Å². The first kappa shape index (κ1) is 11.9. The smallest absolute Gasteiger partial charge is 0.268 e. The molecule has 0 spiro atoms. The van der Waals surface area contributed by atoms with Crippen molar-refractivity contribution in [1.82, 2.24) is 10.1 Å². The molecule has 1 fully saturated rings. The Bertz CT molecular complexity index is 512. The van der Waals surface area contributed by atoms with Crippen molar-refractivity contribution in [3.63, 3.8) is 0 Å². The molecule has 0 atom stereocenters. The Hall–Kier alpha value is -1.20. The zero-order valence-electron chi connectivity index (χ0n) is 10.4. The summed E-state index contributed by atoms with van der Waals surface area (Å²) in [5, 5.41) is 6.09. The monoisotopic (exact) mass is 263 g/mol. The molecule has 2 aromatic rings. The Morgan fingerprint density at radius 1 is 1.44 bits per heavy atom. The number of hydrogen-bond donors (Lipinski definition) is 1. The minimum absolute atomic E-state index is 0.397. The third-order valence-electron chi connectivity index (χ3n) is 3.77. The van der Waals surface area contributed by atoms with Gasteiger partial charge in [-0.1, -0.05) is 18.1 Å². The van der Waals surface area contributed by atoms with E-state index in [4.69, 9.17) is 10.3 Å². The normalized spacial score (nSPS) is 28.4. The zero-order valence-corrected chi connectivity index (χ0v) is 11.2. The molecule has 1 aliphatic rings. The van der Waals surface area contributed by atoms with E-state index in [-0.39, 0.29) is 0 Å². The summed E-state index contributed by atoms with van der Waals surface area (Å²) >= 11 is 1.60. The Labute approximate surface area is 110 Å². The van der Waals surface area contributed by atoms with Gasteiger partial charge in [0.15, 0.2) is 5.82 Å². The fourth-order valence-corrected chi connectivity index (χ4v) is 3.07. The molecule has 0 unspecified atom stereocenters. The van der Waals surface area contributed by atoms with Crippen molar-refractivity contribution in [3.05, 3.63) is 23.3 Å². The summed E-state index contributed by atoms with van der Waals surface area (Å²) in [6.07, 6.45) is 4.16. The summed E-state index contributed by atoms with van der Waals surface area (Å²) in [5.41, 5.74) is 6.03. The van der Waals surface area contributed by atoms with Gasteiger partial charge in [0, 0.05) is 0 Å². The van der Waals surface area contributed by atoms with Crippen LogP contribution in [0.5, 0.6) is 0 Å². The molecule has 0 aromatic carbocycles. The van der Waals surface area contributed by atoms with E-state index >= 15 is 0 Å². The van der Waals surface area contributed by atoms with Gasteiger partial charge in [-0.05, 0) is 43.0 Å². The molecule has 0 radical (unpaired) electrons. The van der Waals surface area contributed by atoms with E-state index in [1.807, 2.05) is 17.5 Å². The maximum absolute atomic E-state index is 6.43. The molecular formula is C13H17N3OS. The first-order valence-electron chi connectivity index (χ1n) is 6.34. The predicted octanol–water partition coefficient (Wildman–Crippen LogP) is 3.16. The van der Waals surface area contributed by atoms with Crippen molar-refractivity contribution in [2.24, 2.45) is 11.7 Å². The molecular weight excluding hydrogens is 246 g/mol. The Morgan fingerprint density at radius 3 is 2.89 bits per heavy atom. The van der Waals surface area contributed by atoms with Crippen molar-refractivity contribution >= 4 is 11.3 Å². The summed E-state index contributed by atoms with van der Waals surface area (Å²) < 4.78 is 5.32. The highest BCUT2D eigenvalue weighted by Crippen LogP contribution is 2.36. The molecule has 0 amide bonds. The lowest BCUT2D eigenvalue weighted by Gasteiger charge is -2.33. The summed E-state index contributed by atoms with van der Waals surface area (Å²) in [6, 6.07) is 3.96. The molecule has 18 heavy (non-hydrogen) atoms. The van der Waals surface area contributed by atoms with Crippen LogP contribution in [0.3, 0.4) is 0 Å². The van der Waals surface area contributed by atoms with Gasteiger partial charge in [-0.25, -0.2) is 0 Å². The Kier molecular flexibility index (Phi) is 2.95. The van der Waals surface area contributed by atoms with Gasteiger partial charge in [-0.2, -0.15) is 4.98 Å². The predicted molar refractivity (Wildman–Crippen MR) is 71.1 cm³/mol. The maximum atomic E-state index is 6.43. The minimum Gasteiger partial charge on any atom is -0.333 e. The molecule has 5 heteroatoms. The van der Waals surface area contributed by atoms with E-state index in [0.717, 1.165) is 36.5 Å². The Morgan fingerprint density at radius 2 is 2.22 bits per heavy atom. The van der Waals surface area contributed by atoms with Gasteiger partial charge in [-0.15, -0.1) is 11.3 Å². The number of hydrogen-bond acceptors (Lipinski definition) is 5. The highest BCUT2D eigenvalue weighted by molar-refractivity contribution is 7.13. The van der Waals surface area contributed by atoms with Crippen LogP contribution in [0.1, 0.15) is 38.4 Å². The molecule has 3 rings (SSSR count). The topological polar surface area (TPSA) is 64.9 Å². The van der Waals surface area contributed by atoms with Gasteiger partial charge >= 0.3 is 0 Å². The van der Waals surface area contributed by atoms with Crippen LogP contribution in [0.2, 0.25) is 0 Å². The number of nitrogens with two attached hydrogens (primary N) is 1. The summed E-state index contributed by atoms with van der Waals surface area (Å²) in [6.45, 7) is 2.27. The summed E-state index contributed by atoms with van der Waals surface area (Å²) in [5.74, 6) is 2.01. The number of thiophene rings is 1. The fourth-order valence-electron chi connectivity index (χ4n) is 2.43. The van der Waals surface area contributed by atoms with Crippen LogP contribution >= 0.6 is 11.3 Å². The van der Waals surface area contributed by atoms with E-state index in [1.165, 1.54) is 0 Å². The van der Waals surface area contributed by atoms with Crippen LogP contribution in [0.15, 0.2) is 22.0 Å². The largest absolute Gasteiger partial charge is 0.333 e. The van der Waals surface area contributed by atoms with E-state index in [1.54, 1.807) is 11.3 Å². The van der Waals surface area contributed by atoms with Crippen molar-refractivity contribution in [2.45, 2.75) is 38.1 Å². The molecule has 96 valence electrons. The quantitative estimate of drug-likeness (QED) is 0.903. The SMILES string of the molecule is CC1CCC(N)(c2noc(-c3cccs3)n2)CC1. The van der Waals surface area contributed by atoms with Crippen LogP contribution < -0.4 is 5.73 Å². The van der Waals surface area contributed by atoms with Crippen molar-refractivity contribution in [3.8, 4) is 10.8 Å². The van der Waals surface area contributed by atoms with Gasteiger partial charge < -0.3 is 10.3 Å². The van der Waals surface area contributed by atoms with E-state index in [2.05, 4.69) is 17.1 Å².